The Balaban J connectivity index is 1.20. The van der Waals surface area contributed by atoms with E-state index in [1.54, 1.807) is 58.5 Å². The Hall–Kier alpha value is -4.67. The van der Waals surface area contributed by atoms with Crippen molar-refractivity contribution in [1.29, 1.82) is 0 Å². The topological polar surface area (TPSA) is 114 Å². The van der Waals surface area contributed by atoms with E-state index < -0.39 is 0 Å². The SMILES string of the molecule is O=C(NCc1ccco1)N1CCCC(Nc2nccc(-c3c(-c4ccc(F)cc4)nc4occn34)n2)C1. The van der Waals surface area contributed by atoms with E-state index in [1.807, 2.05) is 6.07 Å². The summed E-state index contributed by atoms with van der Waals surface area (Å²) < 4.78 is 26.1. The summed E-state index contributed by atoms with van der Waals surface area (Å²) in [5.74, 6) is 1.24. The molecule has 0 radical (unpaired) electrons. The minimum atomic E-state index is -0.321. The number of benzene rings is 1. The minimum Gasteiger partial charge on any atom is -0.467 e. The standard InChI is InChI=1S/C26H24FN7O3/c27-18-7-5-17(6-8-18)22-23(34-12-14-37-26(34)32-22)21-9-10-28-24(31-21)30-19-3-1-11-33(16-19)25(35)29-15-20-4-2-13-36-20/h2,4-10,12-14,19H,1,3,11,15-16H2,(H,29,35)(H,28,30,31). The van der Waals surface area contributed by atoms with Gasteiger partial charge in [0.15, 0.2) is 0 Å². The Labute approximate surface area is 211 Å². The van der Waals surface area contributed by atoms with Gasteiger partial charge in [-0.1, -0.05) is 0 Å². The maximum Gasteiger partial charge on any atom is 0.317 e. The Kier molecular flexibility index (Phi) is 6.01. The zero-order valence-electron chi connectivity index (χ0n) is 19.8. The van der Waals surface area contributed by atoms with Gasteiger partial charge in [0.05, 0.1) is 18.5 Å². The highest BCUT2D eigenvalue weighted by Crippen LogP contribution is 2.32. The number of fused-ring (bicyclic) bond motifs is 1. The van der Waals surface area contributed by atoms with Crippen LogP contribution in [-0.2, 0) is 6.54 Å². The fraction of sp³-hybridized carbons (Fsp3) is 0.231. The van der Waals surface area contributed by atoms with Crippen molar-refractivity contribution in [3.05, 3.63) is 79.0 Å². The van der Waals surface area contributed by atoms with Gasteiger partial charge < -0.3 is 24.4 Å². The average molecular weight is 502 g/mol. The number of amides is 2. The van der Waals surface area contributed by atoms with Crippen molar-refractivity contribution in [2.45, 2.75) is 25.4 Å². The van der Waals surface area contributed by atoms with Gasteiger partial charge in [-0.15, -0.1) is 0 Å². The number of anilines is 1. The van der Waals surface area contributed by atoms with Crippen LogP contribution in [-0.4, -0.2) is 49.4 Å². The van der Waals surface area contributed by atoms with E-state index in [0.717, 1.165) is 18.4 Å². The van der Waals surface area contributed by atoms with E-state index in [1.165, 1.54) is 12.1 Å². The van der Waals surface area contributed by atoms with Gasteiger partial charge >= 0.3 is 11.9 Å². The molecule has 0 saturated carbocycles. The first-order valence-corrected chi connectivity index (χ1v) is 12.0. The molecule has 1 unspecified atom stereocenters. The molecule has 37 heavy (non-hydrogen) atoms. The van der Waals surface area contributed by atoms with Gasteiger partial charge in [0.1, 0.15) is 29.2 Å². The number of hydrogen-bond donors (Lipinski definition) is 2. The number of piperidine rings is 1. The van der Waals surface area contributed by atoms with Gasteiger partial charge in [-0.05, 0) is 55.3 Å². The molecule has 1 aliphatic heterocycles. The number of urea groups is 1. The molecule has 5 heterocycles. The average Bonchev–Trinajstić information content (AvgIpc) is 3.66. The van der Waals surface area contributed by atoms with Crippen LogP contribution >= 0.6 is 0 Å². The summed E-state index contributed by atoms with van der Waals surface area (Å²) in [6.07, 6.45) is 8.32. The largest absolute Gasteiger partial charge is 0.467 e. The molecular weight excluding hydrogens is 477 g/mol. The van der Waals surface area contributed by atoms with E-state index in [-0.39, 0.29) is 17.9 Å². The van der Waals surface area contributed by atoms with E-state index in [9.17, 15) is 9.18 Å². The normalized spacial score (nSPS) is 15.7. The zero-order chi connectivity index (χ0) is 25.2. The van der Waals surface area contributed by atoms with Crippen molar-refractivity contribution >= 4 is 17.8 Å². The van der Waals surface area contributed by atoms with E-state index in [4.69, 9.17) is 13.8 Å². The number of imidazole rings is 1. The van der Waals surface area contributed by atoms with Crippen molar-refractivity contribution in [1.82, 2.24) is 29.6 Å². The monoisotopic (exact) mass is 501 g/mol. The number of aromatic nitrogens is 4. The van der Waals surface area contributed by atoms with E-state index in [0.29, 0.717) is 54.3 Å². The van der Waals surface area contributed by atoms with Crippen LogP contribution in [0.5, 0.6) is 0 Å². The van der Waals surface area contributed by atoms with Crippen LogP contribution in [0.2, 0.25) is 0 Å². The third kappa shape index (κ3) is 4.75. The number of rotatable bonds is 6. The number of furan rings is 1. The summed E-state index contributed by atoms with van der Waals surface area (Å²) in [6, 6.07) is 11.4. The van der Waals surface area contributed by atoms with Gasteiger partial charge in [-0.2, -0.15) is 4.98 Å². The molecule has 1 saturated heterocycles. The molecule has 2 N–H and O–H groups in total. The number of carbonyl (C=O) groups excluding carboxylic acids is 1. The number of hydrogen-bond acceptors (Lipinski definition) is 7. The summed E-state index contributed by atoms with van der Waals surface area (Å²) in [4.78, 5) is 28.2. The molecule has 6 rings (SSSR count). The highest BCUT2D eigenvalue weighted by Gasteiger charge is 2.25. The summed E-state index contributed by atoms with van der Waals surface area (Å²) in [5, 5.41) is 6.28. The van der Waals surface area contributed by atoms with Crippen LogP contribution in [0.3, 0.4) is 0 Å². The molecule has 2 amide bonds. The lowest BCUT2D eigenvalue weighted by molar-refractivity contribution is 0.181. The second kappa shape index (κ2) is 9.76. The fourth-order valence-corrected chi connectivity index (χ4v) is 4.55. The first kappa shape index (κ1) is 22.8. The lowest BCUT2D eigenvalue weighted by Crippen LogP contribution is -2.49. The number of halogens is 1. The number of likely N-dealkylation sites (tertiary alicyclic amines) is 1. The van der Waals surface area contributed by atoms with Crippen molar-refractivity contribution in [3.63, 3.8) is 0 Å². The molecule has 5 aromatic rings. The number of nitrogens with one attached hydrogen (secondary N) is 2. The lowest BCUT2D eigenvalue weighted by Gasteiger charge is -2.33. The highest BCUT2D eigenvalue weighted by atomic mass is 19.1. The molecule has 11 heteroatoms. The first-order chi connectivity index (χ1) is 18.1. The number of oxazole rings is 1. The fourth-order valence-electron chi connectivity index (χ4n) is 4.55. The highest BCUT2D eigenvalue weighted by molar-refractivity contribution is 5.79. The molecule has 188 valence electrons. The molecule has 0 bridgehead atoms. The molecule has 1 atom stereocenters. The molecule has 10 nitrogen and oxygen atoms in total. The Morgan fingerprint density at radius 2 is 2.00 bits per heavy atom. The van der Waals surface area contributed by atoms with Gasteiger partial charge in [0.25, 0.3) is 0 Å². The molecule has 0 spiro atoms. The summed E-state index contributed by atoms with van der Waals surface area (Å²) >= 11 is 0. The summed E-state index contributed by atoms with van der Waals surface area (Å²) in [7, 11) is 0. The van der Waals surface area contributed by atoms with Gasteiger partial charge in [-0.25, -0.2) is 19.2 Å². The van der Waals surface area contributed by atoms with Gasteiger partial charge in [0, 0.05) is 37.1 Å². The molecule has 0 aliphatic carbocycles. The van der Waals surface area contributed by atoms with Crippen molar-refractivity contribution in [2.24, 2.45) is 0 Å². The summed E-state index contributed by atoms with van der Waals surface area (Å²) in [5.41, 5.74) is 2.71. The minimum absolute atomic E-state index is 0.00526. The molecule has 1 aliphatic rings. The first-order valence-electron chi connectivity index (χ1n) is 12.0. The maximum absolute atomic E-state index is 13.5. The molecule has 1 fully saturated rings. The van der Waals surface area contributed by atoms with Crippen LogP contribution < -0.4 is 10.6 Å². The zero-order valence-corrected chi connectivity index (χ0v) is 19.8. The maximum atomic E-state index is 13.5. The second-order valence-electron chi connectivity index (χ2n) is 8.80. The molecule has 1 aromatic carbocycles. The van der Waals surface area contributed by atoms with Crippen molar-refractivity contribution < 1.29 is 18.0 Å². The van der Waals surface area contributed by atoms with Crippen LogP contribution in [0, 0.1) is 5.82 Å². The van der Waals surface area contributed by atoms with Crippen LogP contribution in [0.15, 0.2) is 76.2 Å². The van der Waals surface area contributed by atoms with Crippen LogP contribution in [0.1, 0.15) is 18.6 Å². The third-order valence-electron chi connectivity index (χ3n) is 6.31. The van der Waals surface area contributed by atoms with E-state index in [2.05, 4.69) is 20.6 Å². The number of nitrogens with zero attached hydrogens (tertiary/aromatic N) is 5. The number of carbonyl (C=O) groups is 1. The smallest absolute Gasteiger partial charge is 0.317 e. The Bertz CT molecular complexity index is 1510. The van der Waals surface area contributed by atoms with Gasteiger partial charge in [0.2, 0.25) is 5.95 Å². The van der Waals surface area contributed by atoms with Gasteiger partial charge in [-0.3, -0.25) is 4.40 Å². The Morgan fingerprint density at radius 3 is 2.84 bits per heavy atom. The quantitative estimate of drug-likeness (QED) is 0.350. The van der Waals surface area contributed by atoms with Crippen LogP contribution in [0.25, 0.3) is 28.5 Å². The van der Waals surface area contributed by atoms with Crippen molar-refractivity contribution in [2.75, 3.05) is 18.4 Å². The summed E-state index contributed by atoms with van der Waals surface area (Å²) in [6.45, 7) is 1.55. The predicted octanol–water partition coefficient (Wildman–Crippen LogP) is 4.57. The lowest BCUT2D eigenvalue weighted by atomic mass is 10.1. The Morgan fingerprint density at radius 1 is 1.11 bits per heavy atom. The second-order valence-corrected chi connectivity index (χ2v) is 8.80. The third-order valence-corrected chi connectivity index (χ3v) is 6.31. The molecular formula is C26H24FN7O3. The molecule has 4 aromatic heterocycles. The van der Waals surface area contributed by atoms with E-state index >= 15 is 0 Å². The van der Waals surface area contributed by atoms with Crippen molar-refractivity contribution in [3.8, 4) is 22.6 Å². The van der Waals surface area contributed by atoms with Crippen LogP contribution in [0.4, 0.5) is 15.1 Å². The predicted molar refractivity (Wildman–Crippen MR) is 133 cm³/mol.